The van der Waals surface area contributed by atoms with Crippen molar-refractivity contribution < 1.29 is 14.5 Å². The van der Waals surface area contributed by atoms with E-state index in [1.807, 2.05) is 86.9 Å². The van der Waals surface area contributed by atoms with Gasteiger partial charge >= 0.3 is 0 Å². The van der Waals surface area contributed by atoms with Crippen LogP contribution in [0.3, 0.4) is 0 Å². The van der Waals surface area contributed by atoms with Crippen LogP contribution in [0.2, 0.25) is 0 Å². The number of allylic oxidation sites excluding steroid dienone is 5. The third-order valence-electron chi connectivity index (χ3n) is 8.28. The Kier molecular flexibility index (Phi) is 5.00. The van der Waals surface area contributed by atoms with Crippen LogP contribution >= 0.6 is 0 Å². The van der Waals surface area contributed by atoms with Gasteiger partial charge in [-0.3, -0.25) is 4.79 Å². The first-order chi connectivity index (χ1) is 17.8. The van der Waals surface area contributed by atoms with Crippen molar-refractivity contribution >= 4 is 28.0 Å². The summed E-state index contributed by atoms with van der Waals surface area (Å²) in [6.45, 7) is 4.23. The fourth-order valence-corrected chi connectivity index (χ4v) is 6.31. The van der Waals surface area contributed by atoms with Crippen molar-refractivity contribution in [3.8, 4) is 17.3 Å². The van der Waals surface area contributed by atoms with Gasteiger partial charge < -0.3 is 9.67 Å². The summed E-state index contributed by atoms with van der Waals surface area (Å²) in [7, 11) is 3.97. The molecule has 0 saturated carbocycles. The molecule has 5 nitrogen and oxygen atoms in total. The van der Waals surface area contributed by atoms with Crippen LogP contribution in [0.25, 0.3) is 27.7 Å². The van der Waals surface area contributed by atoms with Crippen molar-refractivity contribution in [2.45, 2.75) is 19.9 Å². The highest BCUT2D eigenvalue weighted by molar-refractivity contribution is 6.42. The summed E-state index contributed by atoms with van der Waals surface area (Å²) in [5, 5.41) is 24.0. The number of aryl methyl sites for hydroxylation is 1. The van der Waals surface area contributed by atoms with Crippen LogP contribution in [0.15, 0.2) is 95.8 Å². The minimum atomic E-state index is -0.343. The minimum absolute atomic E-state index is 0.0791. The molecule has 0 radical (unpaired) electrons. The Bertz CT molecular complexity index is 1700. The van der Waals surface area contributed by atoms with Gasteiger partial charge in [-0.05, 0) is 37.6 Å². The first-order valence-corrected chi connectivity index (χ1v) is 12.5. The van der Waals surface area contributed by atoms with Crippen LogP contribution < -0.4 is 5.11 Å². The summed E-state index contributed by atoms with van der Waals surface area (Å²) in [4.78, 5) is 13.7. The van der Waals surface area contributed by atoms with Crippen molar-refractivity contribution in [2.24, 2.45) is 18.4 Å². The van der Waals surface area contributed by atoms with Gasteiger partial charge in [0.25, 0.3) is 0 Å². The van der Waals surface area contributed by atoms with E-state index in [-0.39, 0.29) is 40.1 Å². The van der Waals surface area contributed by atoms with Gasteiger partial charge in [0, 0.05) is 46.3 Å². The second-order valence-corrected chi connectivity index (χ2v) is 10.6. The number of ketones is 1. The normalized spacial score (nSPS) is 23.4. The Morgan fingerprint density at radius 3 is 2.51 bits per heavy atom. The summed E-state index contributed by atoms with van der Waals surface area (Å²) in [6.07, 6.45) is 7.69. The number of fused-ring (bicyclic) bond motifs is 2. The van der Waals surface area contributed by atoms with Crippen molar-refractivity contribution in [2.75, 3.05) is 7.05 Å². The molecule has 2 aromatic carbocycles. The summed E-state index contributed by atoms with van der Waals surface area (Å²) < 4.78 is 4.19. The van der Waals surface area contributed by atoms with Crippen LogP contribution in [0.4, 0.5) is 0 Å². The molecule has 182 valence electrons. The largest absolute Gasteiger partial charge is 0.871 e. The van der Waals surface area contributed by atoms with Gasteiger partial charge in [-0.2, -0.15) is 5.26 Å². The zero-order valence-electron chi connectivity index (χ0n) is 21.3. The van der Waals surface area contributed by atoms with Crippen molar-refractivity contribution in [1.82, 2.24) is 4.57 Å². The molecule has 0 fully saturated rings. The van der Waals surface area contributed by atoms with Gasteiger partial charge in [-0.25, -0.2) is 4.58 Å². The topological polar surface area (TPSA) is 71.9 Å². The zero-order valence-corrected chi connectivity index (χ0v) is 21.3. The van der Waals surface area contributed by atoms with E-state index < -0.39 is 0 Å². The molecule has 0 saturated heterocycles. The van der Waals surface area contributed by atoms with E-state index in [0.29, 0.717) is 11.1 Å². The van der Waals surface area contributed by atoms with E-state index in [1.165, 1.54) is 0 Å². The smallest absolute Gasteiger partial charge is 0.192 e. The number of para-hydroxylation sites is 1. The molecule has 2 heterocycles. The lowest BCUT2D eigenvalue weighted by atomic mass is 9.71. The lowest BCUT2D eigenvalue weighted by Gasteiger charge is -2.32. The van der Waals surface area contributed by atoms with E-state index in [4.69, 9.17) is 0 Å². The molecular formula is C32H27N3O2. The number of likely N-dealkylation sites (N-methyl/N-ethyl adjacent to an activating group) is 1. The fourth-order valence-electron chi connectivity index (χ4n) is 6.31. The molecule has 1 aromatic heterocycles. The predicted molar refractivity (Wildman–Crippen MR) is 143 cm³/mol. The van der Waals surface area contributed by atoms with Crippen molar-refractivity contribution in [3.63, 3.8) is 0 Å². The SMILES string of the molecule is Cn1c(-c2ccccc2)c(C2=C([O-])C(=CC3=[N+](C)C4C=CC(C#N)=CC4C3(C)C)C2=O)c2ccccc21. The summed E-state index contributed by atoms with van der Waals surface area (Å²) >= 11 is 0. The first-order valence-electron chi connectivity index (χ1n) is 12.5. The fraction of sp³-hybridized carbons (Fsp3) is 0.219. The highest BCUT2D eigenvalue weighted by atomic mass is 16.3. The van der Waals surface area contributed by atoms with Gasteiger partial charge in [-0.1, -0.05) is 60.4 Å². The molecule has 2 aliphatic carbocycles. The Hall–Kier alpha value is -4.43. The number of rotatable bonds is 3. The molecule has 0 bridgehead atoms. The number of hydrogen-bond acceptors (Lipinski definition) is 3. The molecule has 0 amide bonds. The quantitative estimate of drug-likeness (QED) is 0.404. The number of Topliss-reactive ketones (excluding diaryl/α,β-unsaturated/α-hetero) is 1. The van der Waals surface area contributed by atoms with Crippen LogP contribution in [0.1, 0.15) is 19.4 Å². The summed E-state index contributed by atoms with van der Waals surface area (Å²) in [5.41, 5.74) is 5.23. The highest BCUT2D eigenvalue weighted by Gasteiger charge is 2.52. The molecule has 6 rings (SSSR count). The van der Waals surface area contributed by atoms with Gasteiger partial charge in [0.15, 0.2) is 17.5 Å². The highest BCUT2D eigenvalue weighted by Crippen LogP contribution is 2.46. The Balaban J connectivity index is 1.51. The van der Waals surface area contributed by atoms with Crippen LogP contribution in [-0.4, -0.2) is 33.7 Å². The number of carbonyl (C=O) groups is 1. The maximum atomic E-state index is 13.7. The minimum Gasteiger partial charge on any atom is -0.871 e. The average molecular weight is 486 g/mol. The number of nitriles is 1. The van der Waals surface area contributed by atoms with Crippen LogP contribution in [0, 0.1) is 22.7 Å². The molecule has 3 aromatic rings. The molecular weight excluding hydrogens is 458 g/mol. The second-order valence-electron chi connectivity index (χ2n) is 10.6. The number of carbonyl (C=O) groups excluding carboxylic acids is 1. The van der Waals surface area contributed by atoms with Crippen molar-refractivity contribution in [1.29, 1.82) is 5.26 Å². The maximum absolute atomic E-state index is 13.7. The third kappa shape index (κ3) is 3.15. The lowest BCUT2D eigenvalue weighted by molar-refractivity contribution is -0.521. The zero-order chi connectivity index (χ0) is 26.1. The number of benzene rings is 2. The first kappa shape index (κ1) is 23.0. The predicted octanol–water partition coefficient (Wildman–Crippen LogP) is 4.55. The second kappa shape index (κ2) is 8.04. The van der Waals surface area contributed by atoms with Crippen LogP contribution in [0.5, 0.6) is 0 Å². The molecule has 5 heteroatoms. The Labute approximate surface area is 216 Å². The summed E-state index contributed by atoms with van der Waals surface area (Å²) in [6, 6.07) is 20.1. The molecule has 1 aliphatic heterocycles. The molecule has 2 unspecified atom stereocenters. The number of aromatic nitrogens is 1. The Morgan fingerprint density at radius 1 is 1.11 bits per heavy atom. The Morgan fingerprint density at radius 2 is 1.81 bits per heavy atom. The van der Waals surface area contributed by atoms with E-state index in [9.17, 15) is 15.2 Å². The van der Waals surface area contributed by atoms with Crippen LogP contribution in [-0.2, 0) is 11.8 Å². The van der Waals surface area contributed by atoms with E-state index in [1.54, 1.807) is 6.08 Å². The molecule has 37 heavy (non-hydrogen) atoms. The van der Waals surface area contributed by atoms with Gasteiger partial charge in [0.2, 0.25) is 0 Å². The van der Waals surface area contributed by atoms with Gasteiger partial charge in [-0.15, -0.1) is 0 Å². The van der Waals surface area contributed by atoms with Gasteiger partial charge in [0.1, 0.15) is 7.05 Å². The van der Waals surface area contributed by atoms with E-state index in [0.717, 1.165) is 27.9 Å². The van der Waals surface area contributed by atoms with Crippen molar-refractivity contribution in [3.05, 3.63) is 101 Å². The monoisotopic (exact) mass is 485 g/mol. The van der Waals surface area contributed by atoms with E-state index in [2.05, 4.69) is 29.1 Å². The molecule has 3 aliphatic rings. The standard InChI is InChI=1S/C32H27N3O2/c1-32(2)23-16-19(18-33)14-15-25(23)34(3)26(32)17-22-30(36)28(31(22)37)27-21-12-8-9-13-24(21)35(4)29(27)20-10-6-5-7-11-20/h5-17,23,25H,1-4H3. The molecule has 2 atom stereocenters. The number of hydrogen-bond donors (Lipinski definition) is 0. The molecule has 0 N–H and O–H groups in total. The summed E-state index contributed by atoms with van der Waals surface area (Å²) in [5.74, 6) is -0.344. The lowest BCUT2D eigenvalue weighted by Crippen LogP contribution is -2.33. The number of nitrogens with zero attached hydrogens (tertiary/aromatic N) is 3. The maximum Gasteiger partial charge on any atom is 0.192 e. The average Bonchev–Trinajstić information content (AvgIpc) is 3.30. The molecule has 0 spiro atoms. The van der Waals surface area contributed by atoms with E-state index >= 15 is 0 Å². The van der Waals surface area contributed by atoms with Gasteiger partial charge in [0.05, 0.1) is 23.1 Å². The third-order valence-corrected chi connectivity index (χ3v) is 8.28.